The van der Waals surface area contributed by atoms with Crippen molar-refractivity contribution in [1.82, 2.24) is 9.97 Å². The van der Waals surface area contributed by atoms with Gasteiger partial charge in [-0.25, -0.2) is 9.37 Å². The number of hydrogen-bond acceptors (Lipinski definition) is 3. The molecule has 0 spiro atoms. The quantitative estimate of drug-likeness (QED) is 0.699. The Hall–Kier alpha value is -2.03. The molecule has 0 aliphatic heterocycles. The van der Waals surface area contributed by atoms with Gasteiger partial charge in [-0.1, -0.05) is 30.0 Å². The lowest BCUT2D eigenvalue weighted by atomic mass is 9.85. The van der Waals surface area contributed by atoms with Crippen molar-refractivity contribution in [3.63, 3.8) is 0 Å². The molecule has 1 aliphatic rings. The van der Waals surface area contributed by atoms with E-state index in [1.54, 1.807) is 6.07 Å². The second-order valence-corrected chi connectivity index (χ2v) is 6.19. The zero-order valence-corrected chi connectivity index (χ0v) is 13.3. The molecule has 1 saturated carbocycles. The molecule has 1 heterocycles. The monoisotopic (exact) mass is 333 g/mol. The van der Waals surface area contributed by atoms with Crippen LogP contribution >= 0.6 is 11.6 Å². The molecule has 0 atom stereocenters. The van der Waals surface area contributed by atoms with Crippen molar-refractivity contribution in [2.75, 3.05) is 5.73 Å². The Labute approximate surface area is 138 Å². The lowest BCUT2D eigenvalue weighted by molar-refractivity contribution is 0.0610. The lowest BCUT2D eigenvalue weighted by Gasteiger charge is -2.26. The number of benzene rings is 1. The highest BCUT2D eigenvalue weighted by Crippen LogP contribution is 2.30. The summed E-state index contributed by atoms with van der Waals surface area (Å²) < 4.78 is 14.0. The van der Waals surface area contributed by atoms with E-state index >= 15 is 0 Å². The number of nitrogens with zero attached hydrogens (tertiary/aromatic N) is 1. The van der Waals surface area contributed by atoms with E-state index in [9.17, 15) is 9.50 Å². The minimum Gasteiger partial charge on any atom is -0.381 e. The van der Waals surface area contributed by atoms with E-state index in [-0.39, 0.29) is 22.2 Å². The maximum absolute atomic E-state index is 14.0. The smallest absolute Gasteiger partial charge is 0.158 e. The Kier molecular flexibility index (Phi) is 4.29. The van der Waals surface area contributed by atoms with Crippen LogP contribution in [-0.2, 0) is 0 Å². The minimum atomic E-state index is -0.981. The number of imidazole rings is 1. The van der Waals surface area contributed by atoms with Gasteiger partial charge in [0.25, 0.3) is 0 Å². The summed E-state index contributed by atoms with van der Waals surface area (Å²) in [6, 6.07) is 4.40. The summed E-state index contributed by atoms with van der Waals surface area (Å²) in [7, 11) is 0. The van der Waals surface area contributed by atoms with Crippen LogP contribution in [0.2, 0.25) is 5.02 Å². The number of halogens is 2. The van der Waals surface area contributed by atoms with Crippen LogP contribution in [0, 0.1) is 17.7 Å². The van der Waals surface area contributed by atoms with Crippen LogP contribution in [0.25, 0.3) is 11.4 Å². The highest BCUT2D eigenvalue weighted by atomic mass is 35.5. The number of aromatic amines is 1. The maximum atomic E-state index is 14.0. The largest absolute Gasteiger partial charge is 0.381 e. The summed E-state index contributed by atoms with van der Waals surface area (Å²) in [6.45, 7) is 0. The van der Waals surface area contributed by atoms with Gasteiger partial charge in [0, 0.05) is 0 Å². The van der Waals surface area contributed by atoms with Crippen LogP contribution in [0.15, 0.2) is 18.2 Å². The number of nitrogens with two attached hydrogens (primary N) is 1. The van der Waals surface area contributed by atoms with E-state index in [4.69, 9.17) is 17.3 Å². The van der Waals surface area contributed by atoms with Gasteiger partial charge < -0.3 is 15.8 Å². The standard InChI is InChI=1S/C17H17ClFN3O/c18-11-5-4-6-12(19)14(11)16-21-13(15(20)22-16)7-10-17(23)8-2-1-3-9-17/h4-6,23H,1-3,8-9,20H2,(H,21,22). The zero-order valence-electron chi connectivity index (χ0n) is 12.5. The molecule has 3 rings (SSSR count). The fourth-order valence-corrected chi connectivity index (χ4v) is 3.02. The second-order valence-electron chi connectivity index (χ2n) is 5.78. The van der Waals surface area contributed by atoms with Gasteiger partial charge in [-0.2, -0.15) is 0 Å². The Morgan fingerprint density at radius 1 is 1.30 bits per heavy atom. The molecule has 0 bridgehead atoms. The first kappa shape index (κ1) is 15.9. The third-order valence-corrected chi connectivity index (χ3v) is 4.35. The van der Waals surface area contributed by atoms with Gasteiger partial charge in [0.15, 0.2) is 5.82 Å². The molecule has 2 aromatic rings. The summed E-state index contributed by atoms with van der Waals surface area (Å²) in [5.74, 6) is 5.62. The minimum absolute atomic E-state index is 0.158. The molecule has 1 aliphatic carbocycles. The first-order valence-corrected chi connectivity index (χ1v) is 7.92. The van der Waals surface area contributed by atoms with Crippen LogP contribution in [0.4, 0.5) is 10.2 Å². The van der Waals surface area contributed by atoms with Crippen molar-refractivity contribution in [3.05, 3.63) is 34.7 Å². The van der Waals surface area contributed by atoms with E-state index in [0.717, 1.165) is 19.3 Å². The predicted molar refractivity (Wildman–Crippen MR) is 88.3 cm³/mol. The average molecular weight is 334 g/mol. The first-order valence-electron chi connectivity index (χ1n) is 7.54. The van der Waals surface area contributed by atoms with Crippen LogP contribution in [0.3, 0.4) is 0 Å². The molecular formula is C17H17ClFN3O. The first-order chi connectivity index (χ1) is 11.0. The summed E-state index contributed by atoms with van der Waals surface area (Å²) in [5, 5.41) is 10.6. The van der Waals surface area contributed by atoms with Gasteiger partial charge in [0.05, 0.1) is 10.6 Å². The normalized spacial score (nSPS) is 16.7. The van der Waals surface area contributed by atoms with Crippen molar-refractivity contribution in [2.24, 2.45) is 0 Å². The van der Waals surface area contributed by atoms with Gasteiger partial charge in [-0.3, -0.25) is 0 Å². The fraction of sp³-hybridized carbons (Fsp3) is 0.353. The maximum Gasteiger partial charge on any atom is 0.158 e. The number of nitrogens with one attached hydrogen (secondary N) is 1. The molecule has 0 unspecified atom stereocenters. The van der Waals surface area contributed by atoms with Crippen LogP contribution in [0.5, 0.6) is 0 Å². The summed E-state index contributed by atoms with van der Waals surface area (Å²) in [6.07, 6.45) is 4.34. The topological polar surface area (TPSA) is 74.9 Å². The summed E-state index contributed by atoms with van der Waals surface area (Å²) in [5.41, 5.74) is 5.38. The molecule has 0 amide bonds. The van der Waals surface area contributed by atoms with Crippen molar-refractivity contribution in [1.29, 1.82) is 0 Å². The van der Waals surface area contributed by atoms with Gasteiger partial charge >= 0.3 is 0 Å². The average Bonchev–Trinajstić information content (AvgIpc) is 2.87. The SMILES string of the molecule is Nc1nc(-c2c(F)cccc2Cl)[nH]c1C#CC1(O)CCCCC1. The van der Waals surface area contributed by atoms with Crippen molar-refractivity contribution in [2.45, 2.75) is 37.7 Å². The molecule has 1 fully saturated rings. The van der Waals surface area contributed by atoms with Crippen LogP contribution in [0.1, 0.15) is 37.8 Å². The Morgan fingerprint density at radius 2 is 2.04 bits per heavy atom. The van der Waals surface area contributed by atoms with E-state index in [2.05, 4.69) is 21.8 Å². The Morgan fingerprint density at radius 3 is 2.74 bits per heavy atom. The van der Waals surface area contributed by atoms with E-state index < -0.39 is 11.4 Å². The molecule has 0 saturated heterocycles. The van der Waals surface area contributed by atoms with Crippen molar-refractivity contribution >= 4 is 17.4 Å². The highest BCUT2D eigenvalue weighted by molar-refractivity contribution is 6.33. The third kappa shape index (κ3) is 3.34. The molecule has 1 aromatic carbocycles. The Balaban J connectivity index is 1.94. The van der Waals surface area contributed by atoms with Crippen molar-refractivity contribution in [3.8, 4) is 23.2 Å². The van der Waals surface area contributed by atoms with Gasteiger partial charge in [-0.15, -0.1) is 0 Å². The van der Waals surface area contributed by atoms with E-state index in [0.29, 0.717) is 18.5 Å². The number of anilines is 1. The highest BCUT2D eigenvalue weighted by Gasteiger charge is 2.26. The molecule has 4 nitrogen and oxygen atoms in total. The number of hydrogen-bond donors (Lipinski definition) is 3. The number of aliphatic hydroxyl groups is 1. The van der Waals surface area contributed by atoms with Gasteiger partial charge in [-0.05, 0) is 43.7 Å². The van der Waals surface area contributed by atoms with E-state index in [1.807, 2.05) is 0 Å². The molecule has 6 heteroatoms. The third-order valence-electron chi connectivity index (χ3n) is 4.03. The number of H-pyrrole nitrogens is 1. The zero-order chi connectivity index (χ0) is 16.4. The molecule has 23 heavy (non-hydrogen) atoms. The van der Waals surface area contributed by atoms with Crippen LogP contribution in [-0.4, -0.2) is 20.7 Å². The molecule has 4 N–H and O–H groups in total. The molecule has 1 aromatic heterocycles. The predicted octanol–water partition coefficient (Wildman–Crippen LogP) is 3.50. The summed E-state index contributed by atoms with van der Waals surface area (Å²) in [4.78, 5) is 6.99. The van der Waals surface area contributed by atoms with Gasteiger partial charge in [0.1, 0.15) is 22.9 Å². The van der Waals surface area contributed by atoms with E-state index in [1.165, 1.54) is 12.1 Å². The second kappa shape index (κ2) is 6.23. The molecular weight excluding hydrogens is 317 g/mol. The number of rotatable bonds is 1. The fourth-order valence-electron chi connectivity index (χ4n) is 2.76. The lowest BCUT2D eigenvalue weighted by Crippen LogP contribution is -2.29. The number of nitrogen functional groups attached to an aromatic ring is 1. The number of aromatic nitrogens is 2. The van der Waals surface area contributed by atoms with Crippen LogP contribution < -0.4 is 5.73 Å². The molecule has 120 valence electrons. The molecule has 0 radical (unpaired) electrons. The Bertz CT molecular complexity index is 765. The van der Waals surface area contributed by atoms with Gasteiger partial charge in [0.2, 0.25) is 0 Å². The van der Waals surface area contributed by atoms with Crippen molar-refractivity contribution < 1.29 is 9.50 Å². The summed E-state index contributed by atoms with van der Waals surface area (Å²) >= 11 is 6.03.